The van der Waals surface area contributed by atoms with Gasteiger partial charge in [0.15, 0.2) is 0 Å². The maximum atomic E-state index is 11.4. The lowest BCUT2D eigenvalue weighted by Gasteiger charge is -2.11. The van der Waals surface area contributed by atoms with Crippen LogP contribution in [0, 0.1) is 0 Å². The summed E-state index contributed by atoms with van der Waals surface area (Å²) in [6, 6.07) is 12.3. The molecule has 0 aliphatic rings. The highest BCUT2D eigenvalue weighted by Crippen LogP contribution is 2.33. The first-order valence-electron chi connectivity index (χ1n) is 6.29. The minimum absolute atomic E-state index is 0.162. The lowest BCUT2D eigenvalue weighted by molar-refractivity contribution is 0.108. The van der Waals surface area contributed by atoms with Gasteiger partial charge in [0.25, 0.3) is 5.24 Å². The van der Waals surface area contributed by atoms with Crippen LogP contribution in [0.3, 0.4) is 0 Å². The predicted octanol–water partition coefficient (Wildman–Crippen LogP) is 3.72. The van der Waals surface area contributed by atoms with E-state index in [0.29, 0.717) is 17.0 Å². The average Bonchev–Trinajstić information content (AvgIpc) is 2.84. The van der Waals surface area contributed by atoms with Crippen LogP contribution < -0.4 is 4.74 Å². The standard InChI is InChI=1S/C16H12ClNO3/c1-21-15-7-6-10(16(17)20)8-13(15)18-9-14(19)11-4-2-3-5-12(11)18/h2-9,19H,1H3. The second-order valence-corrected chi connectivity index (χ2v) is 4.91. The Morgan fingerprint density at radius 2 is 2.00 bits per heavy atom. The molecular weight excluding hydrogens is 290 g/mol. The number of nitrogens with zero attached hydrogens (tertiary/aromatic N) is 1. The van der Waals surface area contributed by atoms with Crippen molar-refractivity contribution in [3.63, 3.8) is 0 Å². The molecular formula is C16H12ClNO3. The summed E-state index contributed by atoms with van der Waals surface area (Å²) in [7, 11) is 1.55. The zero-order valence-electron chi connectivity index (χ0n) is 11.2. The number of fused-ring (bicyclic) bond motifs is 1. The van der Waals surface area contributed by atoms with E-state index in [-0.39, 0.29) is 5.75 Å². The van der Waals surface area contributed by atoms with Gasteiger partial charge in [0.2, 0.25) is 0 Å². The number of hydrogen-bond acceptors (Lipinski definition) is 3. The number of ether oxygens (including phenoxy) is 1. The van der Waals surface area contributed by atoms with Crippen LogP contribution in [0.4, 0.5) is 0 Å². The van der Waals surface area contributed by atoms with Crippen molar-refractivity contribution in [1.82, 2.24) is 4.57 Å². The van der Waals surface area contributed by atoms with Gasteiger partial charge in [-0.2, -0.15) is 0 Å². The Morgan fingerprint density at radius 3 is 2.71 bits per heavy atom. The third-order valence-corrected chi connectivity index (χ3v) is 3.57. The fourth-order valence-corrected chi connectivity index (χ4v) is 2.48. The smallest absolute Gasteiger partial charge is 0.252 e. The highest BCUT2D eigenvalue weighted by atomic mass is 35.5. The number of para-hydroxylation sites is 1. The number of halogens is 1. The number of benzene rings is 2. The van der Waals surface area contributed by atoms with Crippen LogP contribution in [-0.2, 0) is 0 Å². The number of carbonyl (C=O) groups excluding carboxylic acids is 1. The number of aromatic hydroxyl groups is 1. The molecule has 3 rings (SSSR count). The summed E-state index contributed by atoms with van der Waals surface area (Å²) in [6.07, 6.45) is 1.59. The van der Waals surface area contributed by atoms with Crippen molar-refractivity contribution in [2.75, 3.05) is 7.11 Å². The van der Waals surface area contributed by atoms with Crippen molar-refractivity contribution < 1.29 is 14.6 Å². The van der Waals surface area contributed by atoms with Gasteiger partial charge in [-0.05, 0) is 41.9 Å². The van der Waals surface area contributed by atoms with Gasteiger partial charge in [0.05, 0.1) is 24.5 Å². The summed E-state index contributed by atoms with van der Waals surface area (Å²) in [4.78, 5) is 11.4. The normalized spacial score (nSPS) is 10.8. The van der Waals surface area contributed by atoms with Crippen molar-refractivity contribution in [2.45, 2.75) is 0 Å². The zero-order valence-corrected chi connectivity index (χ0v) is 12.0. The monoisotopic (exact) mass is 301 g/mol. The Balaban J connectivity index is 2.31. The first-order valence-corrected chi connectivity index (χ1v) is 6.67. The SMILES string of the molecule is COc1ccc(C(=O)Cl)cc1-n1cc(O)c2ccccc21. The van der Waals surface area contributed by atoms with E-state index < -0.39 is 5.24 Å². The van der Waals surface area contributed by atoms with Gasteiger partial charge in [0.1, 0.15) is 11.5 Å². The van der Waals surface area contributed by atoms with E-state index in [4.69, 9.17) is 16.3 Å². The van der Waals surface area contributed by atoms with E-state index in [1.165, 1.54) is 0 Å². The summed E-state index contributed by atoms with van der Waals surface area (Å²) in [5, 5.41) is 10.2. The summed E-state index contributed by atoms with van der Waals surface area (Å²) in [5.74, 6) is 0.743. The van der Waals surface area contributed by atoms with E-state index in [9.17, 15) is 9.90 Å². The van der Waals surface area contributed by atoms with Crippen LogP contribution >= 0.6 is 11.6 Å². The van der Waals surface area contributed by atoms with Crippen molar-refractivity contribution >= 4 is 27.7 Å². The molecule has 21 heavy (non-hydrogen) atoms. The Hall–Kier alpha value is -2.46. The van der Waals surface area contributed by atoms with Gasteiger partial charge in [-0.15, -0.1) is 0 Å². The number of aromatic nitrogens is 1. The molecule has 0 bridgehead atoms. The van der Waals surface area contributed by atoms with Crippen molar-refractivity contribution in [3.05, 3.63) is 54.2 Å². The number of carbonyl (C=O) groups is 1. The second kappa shape index (κ2) is 5.14. The molecule has 0 saturated heterocycles. The highest BCUT2D eigenvalue weighted by Gasteiger charge is 2.14. The first kappa shape index (κ1) is 13.5. The molecule has 3 aromatic rings. The molecule has 0 aliphatic heterocycles. The minimum atomic E-state index is -0.542. The molecule has 5 heteroatoms. The first-order chi connectivity index (χ1) is 10.1. The van der Waals surface area contributed by atoms with Gasteiger partial charge in [-0.3, -0.25) is 4.79 Å². The maximum Gasteiger partial charge on any atom is 0.252 e. The molecule has 1 aromatic heterocycles. The molecule has 0 saturated carbocycles. The topological polar surface area (TPSA) is 51.5 Å². The average molecular weight is 302 g/mol. The van der Waals surface area contributed by atoms with E-state index in [1.54, 1.807) is 36.1 Å². The number of methoxy groups -OCH3 is 1. The maximum absolute atomic E-state index is 11.4. The van der Waals surface area contributed by atoms with E-state index in [0.717, 1.165) is 10.9 Å². The molecule has 1 N–H and O–H groups in total. The Kier molecular flexibility index (Phi) is 3.31. The van der Waals surface area contributed by atoms with Gasteiger partial charge >= 0.3 is 0 Å². The molecule has 106 valence electrons. The molecule has 0 atom stereocenters. The van der Waals surface area contributed by atoms with Gasteiger partial charge in [-0.1, -0.05) is 12.1 Å². The number of hydrogen-bond donors (Lipinski definition) is 1. The van der Waals surface area contributed by atoms with E-state index in [1.807, 2.05) is 24.3 Å². The Bertz CT molecular complexity index is 839. The van der Waals surface area contributed by atoms with Crippen LogP contribution in [0.1, 0.15) is 10.4 Å². The fourth-order valence-electron chi connectivity index (χ4n) is 2.36. The Morgan fingerprint density at radius 1 is 1.24 bits per heavy atom. The van der Waals surface area contributed by atoms with Crippen LogP contribution in [0.25, 0.3) is 16.6 Å². The van der Waals surface area contributed by atoms with Crippen molar-refractivity contribution in [1.29, 1.82) is 0 Å². The van der Waals surface area contributed by atoms with Crippen LogP contribution in [0.5, 0.6) is 11.5 Å². The van der Waals surface area contributed by atoms with Gasteiger partial charge in [0, 0.05) is 10.9 Å². The highest BCUT2D eigenvalue weighted by molar-refractivity contribution is 6.67. The Labute approximate surface area is 126 Å². The largest absolute Gasteiger partial charge is 0.506 e. The van der Waals surface area contributed by atoms with E-state index >= 15 is 0 Å². The molecule has 0 aliphatic carbocycles. The third kappa shape index (κ3) is 2.23. The quantitative estimate of drug-likeness (QED) is 0.750. The molecule has 0 amide bonds. The molecule has 0 spiro atoms. The summed E-state index contributed by atoms with van der Waals surface area (Å²) in [5.41, 5.74) is 1.82. The molecule has 0 fully saturated rings. The minimum Gasteiger partial charge on any atom is -0.506 e. The third-order valence-electron chi connectivity index (χ3n) is 3.36. The fraction of sp³-hybridized carbons (Fsp3) is 0.0625. The summed E-state index contributed by atoms with van der Waals surface area (Å²) < 4.78 is 7.11. The van der Waals surface area contributed by atoms with E-state index in [2.05, 4.69) is 0 Å². The lowest BCUT2D eigenvalue weighted by atomic mass is 10.2. The molecule has 4 nitrogen and oxygen atoms in total. The summed E-state index contributed by atoms with van der Waals surface area (Å²) in [6.45, 7) is 0. The van der Waals surface area contributed by atoms with Gasteiger partial charge < -0.3 is 14.4 Å². The number of rotatable bonds is 3. The molecule has 0 unspecified atom stereocenters. The zero-order chi connectivity index (χ0) is 15.0. The summed E-state index contributed by atoms with van der Waals surface area (Å²) >= 11 is 5.54. The second-order valence-electron chi connectivity index (χ2n) is 4.56. The van der Waals surface area contributed by atoms with Gasteiger partial charge in [-0.25, -0.2) is 0 Å². The van der Waals surface area contributed by atoms with Crippen LogP contribution in [-0.4, -0.2) is 22.0 Å². The van der Waals surface area contributed by atoms with Crippen LogP contribution in [0.15, 0.2) is 48.7 Å². The molecule has 1 heterocycles. The van der Waals surface area contributed by atoms with Crippen molar-refractivity contribution in [2.24, 2.45) is 0 Å². The predicted molar refractivity (Wildman–Crippen MR) is 81.7 cm³/mol. The molecule has 2 aromatic carbocycles. The van der Waals surface area contributed by atoms with Crippen molar-refractivity contribution in [3.8, 4) is 17.2 Å². The molecule has 0 radical (unpaired) electrons. The lowest BCUT2D eigenvalue weighted by Crippen LogP contribution is -1.99. The van der Waals surface area contributed by atoms with Crippen LogP contribution in [0.2, 0.25) is 0 Å².